The van der Waals surface area contributed by atoms with Crippen molar-refractivity contribution < 1.29 is 0 Å². The molecule has 0 radical (unpaired) electrons. The van der Waals surface area contributed by atoms with Crippen LogP contribution in [0, 0.1) is 0 Å². The highest BCUT2D eigenvalue weighted by Crippen LogP contribution is 2.35. The van der Waals surface area contributed by atoms with E-state index < -0.39 is 0 Å². The summed E-state index contributed by atoms with van der Waals surface area (Å²) >= 11 is 1.88. The van der Waals surface area contributed by atoms with Gasteiger partial charge in [0, 0.05) is 39.7 Å². The molecule has 1 aromatic heterocycles. The van der Waals surface area contributed by atoms with Gasteiger partial charge in [-0.3, -0.25) is 4.99 Å². The lowest BCUT2D eigenvalue weighted by Crippen LogP contribution is -2.26. The van der Waals surface area contributed by atoms with E-state index in [0.717, 1.165) is 13.0 Å². The summed E-state index contributed by atoms with van der Waals surface area (Å²) in [5, 5.41) is 2.74. The second-order valence-electron chi connectivity index (χ2n) is 7.02. The van der Waals surface area contributed by atoms with Gasteiger partial charge in [0.2, 0.25) is 0 Å². The number of amidine groups is 1. The number of hydrogen-bond donors (Lipinski definition) is 0. The molecule has 3 heteroatoms. The molecule has 3 aromatic rings. The maximum absolute atomic E-state index is 5.10. The molecule has 25 heavy (non-hydrogen) atoms. The molecule has 0 aliphatic carbocycles. The van der Waals surface area contributed by atoms with E-state index in [1.165, 1.54) is 57.4 Å². The van der Waals surface area contributed by atoms with Gasteiger partial charge in [-0.25, -0.2) is 0 Å². The third-order valence-corrected chi connectivity index (χ3v) is 6.35. The normalized spacial score (nSPS) is 17.8. The smallest absolute Gasteiger partial charge is 0.0997 e. The molecule has 0 spiro atoms. The van der Waals surface area contributed by atoms with E-state index >= 15 is 0 Å². The van der Waals surface area contributed by atoms with Crippen LogP contribution < -0.4 is 0 Å². The highest BCUT2D eigenvalue weighted by Gasteiger charge is 2.19. The van der Waals surface area contributed by atoms with Crippen LogP contribution in [0.3, 0.4) is 0 Å². The molecule has 130 valence electrons. The SMILES string of the molecule is CCCCN1CCCC1=NC(C)c1ccc2sc3ccccc3c2c1. The van der Waals surface area contributed by atoms with Crippen LogP contribution in [0.5, 0.6) is 0 Å². The molecule has 2 heterocycles. The van der Waals surface area contributed by atoms with Crippen LogP contribution >= 0.6 is 11.3 Å². The second kappa shape index (κ2) is 7.17. The average Bonchev–Trinajstić information content (AvgIpc) is 3.23. The van der Waals surface area contributed by atoms with Crippen LogP contribution in [0.25, 0.3) is 20.2 Å². The molecular formula is C22H26N2S. The first-order valence-electron chi connectivity index (χ1n) is 9.49. The van der Waals surface area contributed by atoms with Crippen LogP contribution in [-0.2, 0) is 0 Å². The van der Waals surface area contributed by atoms with E-state index in [9.17, 15) is 0 Å². The minimum absolute atomic E-state index is 0.222. The number of thiophene rings is 1. The number of aliphatic imine (C=N–C) groups is 1. The van der Waals surface area contributed by atoms with Gasteiger partial charge in [0.1, 0.15) is 0 Å². The van der Waals surface area contributed by atoms with Gasteiger partial charge in [-0.05, 0) is 43.5 Å². The summed E-state index contributed by atoms with van der Waals surface area (Å²) in [6.07, 6.45) is 4.91. The zero-order chi connectivity index (χ0) is 17.2. The van der Waals surface area contributed by atoms with E-state index in [-0.39, 0.29) is 6.04 Å². The van der Waals surface area contributed by atoms with E-state index in [4.69, 9.17) is 4.99 Å². The van der Waals surface area contributed by atoms with Crippen molar-refractivity contribution in [2.45, 2.75) is 45.6 Å². The lowest BCUT2D eigenvalue weighted by molar-refractivity contribution is 0.437. The lowest BCUT2D eigenvalue weighted by Gasteiger charge is -2.20. The minimum atomic E-state index is 0.222. The molecule has 1 atom stereocenters. The van der Waals surface area contributed by atoms with Crippen molar-refractivity contribution in [3.8, 4) is 0 Å². The molecule has 0 amide bonds. The van der Waals surface area contributed by atoms with E-state index in [1.807, 2.05) is 11.3 Å². The molecule has 1 aliphatic rings. The number of nitrogens with zero attached hydrogens (tertiary/aromatic N) is 2. The summed E-state index contributed by atoms with van der Waals surface area (Å²) in [5.41, 5.74) is 1.32. The van der Waals surface area contributed by atoms with Crippen LogP contribution in [-0.4, -0.2) is 23.8 Å². The summed E-state index contributed by atoms with van der Waals surface area (Å²) in [6, 6.07) is 15.8. The summed E-state index contributed by atoms with van der Waals surface area (Å²) < 4.78 is 2.74. The maximum Gasteiger partial charge on any atom is 0.0997 e. The van der Waals surface area contributed by atoms with Gasteiger partial charge in [-0.15, -0.1) is 11.3 Å². The molecule has 1 unspecified atom stereocenters. The van der Waals surface area contributed by atoms with E-state index in [1.54, 1.807) is 0 Å². The third-order valence-electron chi connectivity index (χ3n) is 5.20. The van der Waals surface area contributed by atoms with Crippen molar-refractivity contribution >= 4 is 37.3 Å². The first-order valence-corrected chi connectivity index (χ1v) is 10.3. The van der Waals surface area contributed by atoms with Crippen molar-refractivity contribution in [1.82, 2.24) is 4.90 Å². The molecule has 2 nitrogen and oxygen atoms in total. The van der Waals surface area contributed by atoms with Gasteiger partial charge in [0.15, 0.2) is 0 Å². The number of likely N-dealkylation sites (tertiary alicyclic amines) is 1. The Morgan fingerprint density at radius 1 is 1.12 bits per heavy atom. The summed E-state index contributed by atoms with van der Waals surface area (Å²) in [6.45, 7) is 6.84. The van der Waals surface area contributed by atoms with Crippen molar-refractivity contribution in [2.24, 2.45) is 4.99 Å². The quantitative estimate of drug-likeness (QED) is 0.519. The Morgan fingerprint density at radius 2 is 1.96 bits per heavy atom. The molecule has 0 N–H and O–H groups in total. The predicted molar refractivity (Wildman–Crippen MR) is 111 cm³/mol. The fourth-order valence-electron chi connectivity index (χ4n) is 3.75. The van der Waals surface area contributed by atoms with Crippen LogP contribution in [0.2, 0.25) is 0 Å². The monoisotopic (exact) mass is 350 g/mol. The van der Waals surface area contributed by atoms with Crippen molar-refractivity contribution in [3.05, 3.63) is 48.0 Å². The number of benzene rings is 2. The molecule has 4 rings (SSSR count). The van der Waals surface area contributed by atoms with Crippen LogP contribution in [0.15, 0.2) is 47.5 Å². The fraction of sp³-hybridized carbons (Fsp3) is 0.409. The molecule has 1 saturated heterocycles. The zero-order valence-corrected chi connectivity index (χ0v) is 16.0. The number of rotatable bonds is 5. The predicted octanol–water partition coefficient (Wildman–Crippen LogP) is 6.41. The summed E-state index contributed by atoms with van der Waals surface area (Å²) in [4.78, 5) is 7.60. The highest BCUT2D eigenvalue weighted by molar-refractivity contribution is 7.25. The molecule has 0 bridgehead atoms. The van der Waals surface area contributed by atoms with Crippen molar-refractivity contribution in [3.63, 3.8) is 0 Å². The molecule has 1 fully saturated rings. The standard InChI is InChI=1S/C22H26N2S/c1-3-4-13-24-14-7-10-22(24)23-16(2)17-11-12-21-19(15-17)18-8-5-6-9-20(18)25-21/h5-6,8-9,11-12,15-16H,3-4,7,10,13-14H2,1-2H3. The summed E-state index contributed by atoms with van der Waals surface area (Å²) in [5.74, 6) is 1.32. The number of hydrogen-bond acceptors (Lipinski definition) is 2. The lowest BCUT2D eigenvalue weighted by atomic mass is 10.0. The Kier molecular flexibility index (Phi) is 4.76. The first kappa shape index (κ1) is 16.6. The molecule has 0 saturated carbocycles. The van der Waals surface area contributed by atoms with Gasteiger partial charge >= 0.3 is 0 Å². The Labute approximate surface area is 154 Å². The Bertz CT molecular complexity index is 909. The van der Waals surface area contributed by atoms with E-state index in [2.05, 4.69) is 61.2 Å². The van der Waals surface area contributed by atoms with Crippen LogP contribution in [0.4, 0.5) is 0 Å². The molecule has 1 aliphatic heterocycles. The molecular weight excluding hydrogens is 324 g/mol. The van der Waals surface area contributed by atoms with Gasteiger partial charge in [-0.2, -0.15) is 0 Å². The van der Waals surface area contributed by atoms with E-state index in [0.29, 0.717) is 0 Å². The number of fused-ring (bicyclic) bond motifs is 3. The molecule has 2 aromatic carbocycles. The fourth-order valence-corrected chi connectivity index (χ4v) is 4.84. The Balaban J connectivity index is 1.64. The van der Waals surface area contributed by atoms with Crippen LogP contribution in [0.1, 0.15) is 51.1 Å². The zero-order valence-electron chi connectivity index (χ0n) is 15.2. The third kappa shape index (κ3) is 3.30. The van der Waals surface area contributed by atoms with Gasteiger partial charge in [-0.1, -0.05) is 37.6 Å². The number of unbranched alkanes of at least 4 members (excludes halogenated alkanes) is 1. The van der Waals surface area contributed by atoms with Gasteiger partial charge in [0.05, 0.1) is 11.9 Å². The van der Waals surface area contributed by atoms with Gasteiger partial charge < -0.3 is 4.90 Å². The van der Waals surface area contributed by atoms with Crippen molar-refractivity contribution in [1.29, 1.82) is 0 Å². The summed E-state index contributed by atoms with van der Waals surface area (Å²) in [7, 11) is 0. The maximum atomic E-state index is 5.10. The average molecular weight is 351 g/mol. The minimum Gasteiger partial charge on any atom is -0.360 e. The largest absolute Gasteiger partial charge is 0.360 e. The topological polar surface area (TPSA) is 15.6 Å². The van der Waals surface area contributed by atoms with Crippen molar-refractivity contribution in [2.75, 3.05) is 13.1 Å². The highest BCUT2D eigenvalue weighted by atomic mass is 32.1. The Hall–Kier alpha value is -1.87. The Morgan fingerprint density at radius 3 is 2.84 bits per heavy atom. The first-order chi connectivity index (χ1) is 12.3. The van der Waals surface area contributed by atoms with Gasteiger partial charge in [0.25, 0.3) is 0 Å². The second-order valence-corrected chi connectivity index (χ2v) is 8.10.